The van der Waals surface area contributed by atoms with Crippen LogP contribution in [-0.4, -0.2) is 20.9 Å². The van der Waals surface area contributed by atoms with Gasteiger partial charge < -0.3 is 0 Å². The van der Waals surface area contributed by atoms with Crippen LogP contribution in [0.25, 0.3) is 16.8 Å². The molecular formula is C13H11N3S. The molecule has 0 saturated carbocycles. The van der Waals surface area contributed by atoms with Gasteiger partial charge in [0.2, 0.25) is 0 Å². The molecule has 0 N–H and O–H groups in total. The van der Waals surface area contributed by atoms with Gasteiger partial charge in [-0.1, -0.05) is 12.1 Å². The molecule has 0 radical (unpaired) electrons. The van der Waals surface area contributed by atoms with E-state index in [0.717, 1.165) is 16.8 Å². The summed E-state index contributed by atoms with van der Waals surface area (Å²) >= 11 is 1.74. The van der Waals surface area contributed by atoms with Crippen molar-refractivity contribution >= 4 is 17.4 Å². The second-order valence-electron chi connectivity index (χ2n) is 3.68. The third kappa shape index (κ3) is 1.80. The summed E-state index contributed by atoms with van der Waals surface area (Å²) in [5.74, 6) is 0. The molecular weight excluding hydrogens is 230 g/mol. The minimum Gasteiger partial charge on any atom is -0.236 e. The van der Waals surface area contributed by atoms with E-state index >= 15 is 0 Å². The van der Waals surface area contributed by atoms with Crippen LogP contribution in [0.4, 0.5) is 0 Å². The molecule has 0 unspecified atom stereocenters. The Morgan fingerprint density at radius 3 is 3.06 bits per heavy atom. The van der Waals surface area contributed by atoms with E-state index < -0.39 is 0 Å². The SMILES string of the molecule is CSc1cccc(-c2cnn3cccnc23)c1. The van der Waals surface area contributed by atoms with Gasteiger partial charge in [0, 0.05) is 22.9 Å². The van der Waals surface area contributed by atoms with Crippen molar-refractivity contribution in [1.29, 1.82) is 0 Å². The van der Waals surface area contributed by atoms with Crippen LogP contribution in [-0.2, 0) is 0 Å². The minimum atomic E-state index is 0.894. The highest BCUT2D eigenvalue weighted by Crippen LogP contribution is 2.26. The summed E-state index contributed by atoms with van der Waals surface area (Å²) in [6, 6.07) is 10.3. The Labute approximate surface area is 104 Å². The van der Waals surface area contributed by atoms with Gasteiger partial charge >= 0.3 is 0 Å². The van der Waals surface area contributed by atoms with Crippen molar-refractivity contribution in [1.82, 2.24) is 14.6 Å². The summed E-state index contributed by atoms with van der Waals surface area (Å²) in [6.45, 7) is 0. The van der Waals surface area contributed by atoms with E-state index in [4.69, 9.17) is 0 Å². The van der Waals surface area contributed by atoms with Crippen molar-refractivity contribution in [2.75, 3.05) is 6.26 Å². The molecule has 0 spiro atoms. The van der Waals surface area contributed by atoms with Crippen LogP contribution in [0.5, 0.6) is 0 Å². The van der Waals surface area contributed by atoms with Crippen molar-refractivity contribution in [2.24, 2.45) is 0 Å². The Kier molecular flexibility index (Phi) is 2.57. The maximum atomic E-state index is 4.37. The molecule has 2 heterocycles. The number of nitrogens with zero attached hydrogens (tertiary/aromatic N) is 3. The Balaban J connectivity index is 2.20. The standard InChI is InChI=1S/C13H11N3S/c1-17-11-5-2-4-10(8-11)12-9-15-16-7-3-6-14-13(12)16/h2-9H,1H3. The van der Waals surface area contributed by atoms with Gasteiger partial charge in [-0.15, -0.1) is 11.8 Å². The molecule has 0 aliphatic heterocycles. The van der Waals surface area contributed by atoms with Crippen molar-refractivity contribution in [3.63, 3.8) is 0 Å². The van der Waals surface area contributed by atoms with Crippen molar-refractivity contribution in [2.45, 2.75) is 4.90 Å². The summed E-state index contributed by atoms with van der Waals surface area (Å²) in [6.07, 6.45) is 7.64. The van der Waals surface area contributed by atoms with Crippen LogP contribution in [0.15, 0.2) is 53.8 Å². The van der Waals surface area contributed by atoms with Gasteiger partial charge in [-0.3, -0.25) is 0 Å². The van der Waals surface area contributed by atoms with Crippen molar-refractivity contribution < 1.29 is 0 Å². The Morgan fingerprint density at radius 1 is 1.24 bits per heavy atom. The van der Waals surface area contributed by atoms with Gasteiger partial charge in [-0.2, -0.15) is 5.10 Å². The van der Waals surface area contributed by atoms with E-state index in [1.807, 2.05) is 18.5 Å². The molecule has 0 saturated heterocycles. The Bertz CT molecular complexity index is 660. The summed E-state index contributed by atoms with van der Waals surface area (Å²) in [7, 11) is 0. The fourth-order valence-corrected chi connectivity index (χ4v) is 2.28. The normalized spacial score (nSPS) is 10.9. The Hall–Kier alpha value is -1.81. The smallest absolute Gasteiger partial charge is 0.162 e. The fraction of sp³-hybridized carbons (Fsp3) is 0.0769. The largest absolute Gasteiger partial charge is 0.236 e. The number of benzene rings is 1. The van der Waals surface area contributed by atoms with Gasteiger partial charge in [0.1, 0.15) is 0 Å². The molecule has 2 aromatic heterocycles. The third-order valence-corrected chi connectivity index (χ3v) is 3.39. The average Bonchev–Trinajstić information content (AvgIpc) is 2.82. The molecule has 0 bridgehead atoms. The van der Waals surface area contributed by atoms with E-state index in [-0.39, 0.29) is 0 Å². The lowest BCUT2D eigenvalue weighted by molar-refractivity contribution is 0.939. The molecule has 0 amide bonds. The lowest BCUT2D eigenvalue weighted by Gasteiger charge is -2.01. The minimum absolute atomic E-state index is 0.894. The van der Waals surface area contributed by atoms with Crippen LogP contribution in [0, 0.1) is 0 Å². The van der Waals surface area contributed by atoms with Crippen molar-refractivity contribution in [3.8, 4) is 11.1 Å². The summed E-state index contributed by atoms with van der Waals surface area (Å²) in [4.78, 5) is 5.61. The van der Waals surface area contributed by atoms with Gasteiger partial charge in [-0.05, 0) is 30.0 Å². The molecule has 0 fully saturated rings. The number of fused-ring (bicyclic) bond motifs is 1. The second-order valence-corrected chi connectivity index (χ2v) is 4.56. The Morgan fingerprint density at radius 2 is 2.18 bits per heavy atom. The van der Waals surface area contributed by atoms with Crippen LogP contribution in [0.2, 0.25) is 0 Å². The first kappa shape index (κ1) is 10.4. The van der Waals surface area contributed by atoms with Gasteiger partial charge in [0.15, 0.2) is 5.65 Å². The molecule has 0 aliphatic rings. The number of rotatable bonds is 2. The van der Waals surface area contributed by atoms with Gasteiger partial charge in [0.25, 0.3) is 0 Å². The predicted molar refractivity (Wildman–Crippen MR) is 70.2 cm³/mol. The number of aromatic nitrogens is 3. The number of hydrogen-bond acceptors (Lipinski definition) is 3. The number of thioether (sulfide) groups is 1. The van der Waals surface area contributed by atoms with Crippen molar-refractivity contribution in [3.05, 3.63) is 48.9 Å². The predicted octanol–water partition coefficient (Wildman–Crippen LogP) is 3.12. The first-order valence-corrected chi connectivity index (χ1v) is 6.54. The zero-order valence-corrected chi connectivity index (χ0v) is 10.2. The monoisotopic (exact) mass is 241 g/mol. The molecule has 1 aromatic carbocycles. The number of hydrogen-bond donors (Lipinski definition) is 0. The fourth-order valence-electron chi connectivity index (χ4n) is 1.82. The first-order chi connectivity index (χ1) is 8.38. The molecule has 3 rings (SSSR count). The zero-order chi connectivity index (χ0) is 11.7. The van der Waals surface area contributed by atoms with Crippen LogP contribution >= 0.6 is 11.8 Å². The van der Waals surface area contributed by atoms with E-state index in [9.17, 15) is 0 Å². The summed E-state index contributed by atoms with van der Waals surface area (Å²) in [5.41, 5.74) is 3.12. The highest BCUT2D eigenvalue weighted by Gasteiger charge is 2.07. The van der Waals surface area contributed by atoms with Crippen LogP contribution in [0.3, 0.4) is 0 Å². The third-order valence-electron chi connectivity index (χ3n) is 2.66. The second kappa shape index (κ2) is 4.22. The lowest BCUT2D eigenvalue weighted by atomic mass is 10.1. The van der Waals surface area contributed by atoms with Crippen LogP contribution < -0.4 is 0 Å². The molecule has 4 heteroatoms. The summed E-state index contributed by atoms with van der Waals surface area (Å²) < 4.78 is 1.79. The topological polar surface area (TPSA) is 30.2 Å². The van der Waals surface area contributed by atoms with Gasteiger partial charge in [-0.25, -0.2) is 9.50 Å². The maximum absolute atomic E-state index is 4.37. The first-order valence-electron chi connectivity index (χ1n) is 5.31. The van der Waals surface area contributed by atoms with E-state index in [1.54, 1.807) is 22.5 Å². The molecule has 17 heavy (non-hydrogen) atoms. The van der Waals surface area contributed by atoms with E-state index in [1.165, 1.54) is 4.90 Å². The highest BCUT2D eigenvalue weighted by molar-refractivity contribution is 7.98. The molecule has 0 atom stereocenters. The maximum Gasteiger partial charge on any atom is 0.162 e. The summed E-state index contributed by atoms with van der Waals surface area (Å²) in [5, 5.41) is 4.30. The highest BCUT2D eigenvalue weighted by atomic mass is 32.2. The van der Waals surface area contributed by atoms with E-state index in [0.29, 0.717) is 0 Å². The van der Waals surface area contributed by atoms with E-state index in [2.05, 4.69) is 40.6 Å². The molecule has 3 aromatic rings. The lowest BCUT2D eigenvalue weighted by Crippen LogP contribution is -1.87. The zero-order valence-electron chi connectivity index (χ0n) is 9.37. The molecule has 84 valence electrons. The molecule has 0 aliphatic carbocycles. The van der Waals surface area contributed by atoms with Crippen LogP contribution in [0.1, 0.15) is 0 Å². The molecule has 3 nitrogen and oxygen atoms in total. The van der Waals surface area contributed by atoms with Gasteiger partial charge in [0.05, 0.1) is 6.20 Å². The quantitative estimate of drug-likeness (QED) is 0.646. The average molecular weight is 241 g/mol.